The molecule has 0 unspecified atom stereocenters. The van der Waals surface area contributed by atoms with Crippen molar-refractivity contribution in [1.82, 2.24) is 24.1 Å². The summed E-state index contributed by atoms with van der Waals surface area (Å²) in [7, 11) is 0. The molecule has 354 valence electrons. The van der Waals surface area contributed by atoms with Gasteiger partial charge in [0.2, 0.25) is 0 Å². The van der Waals surface area contributed by atoms with Gasteiger partial charge in [-0.3, -0.25) is 0 Å². The minimum atomic E-state index is 0.546. The number of benzene rings is 11. The van der Waals surface area contributed by atoms with E-state index in [-0.39, 0.29) is 0 Å². The van der Waals surface area contributed by atoms with Crippen molar-refractivity contribution in [1.29, 1.82) is 0 Å². The molecular formula is C69H41N5O2. The monoisotopic (exact) mass is 971 g/mol. The van der Waals surface area contributed by atoms with E-state index in [0.717, 1.165) is 116 Å². The summed E-state index contributed by atoms with van der Waals surface area (Å²) >= 11 is 0. The Morgan fingerprint density at radius 1 is 0.263 bits per heavy atom. The number of rotatable bonds is 7. The van der Waals surface area contributed by atoms with Gasteiger partial charge in [0.25, 0.3) is 0 Å². The summed E-state index contributed by atoms with van der Waals surface area (Å²) < 4.78 is 18.0. The van der Waals surface area contributed by atoms with Crippen LogP contribution in [-0.2, 0) is 0 Å². The zero-order chi connectivity index (χ0) is 49.8. The standard InChI is InChI=1S/C69H41N5O2/c1-2-19-47(20-3-1)73-60-31-10-6-24-52(60)57-40-44(35-37-61(57)73)49-26-14-27-55-65-56(28-15-33-63(65)76-66(49)55)69-71-67(45-17-12-16-42(38-45)43-34-36-54-53-25-7-11-32-62(53)75-64(54)41-43)70-68(72-69)46-18-13-21-48(39-46)74-58-29-8-4-22-50(58)51-23-5-9-30-59(51)74/h1-41H. The second kappa shape index (κ2) is 16.6. The first kappa shape index (κ1) is 42.2. The zero-order valence-electron chi connectivity index (χ0n) is 40.7. The van der Waals surface area contributed by atoms with Crippen molar-refractivity contribution in [2.45, 2.75) is 0 Å². The van der Waals surface area contributed by atoms with E-state index in [1.165, 1.54) is 21.5 Å². The smallest absolute Gasteiger partial charge is 0.164 e. The molecule has 0 spiro atoms. The zero-order valence-corrected chi connectivity index (χ0v) is 40.7. The van der Waals surface area contributed by atoms with Crippen LogP contribution in [-0.4, -0.2) is 24.1 Å². The molecule has 0 amide bonds. The molecule has 7 nitrogen and oxygen atoms in total. The van der Waals surface area contributed by atoms with Gasteiger partial charge in [0.1, 0.15) is 22.3 Å². The predicted octanol–water partition coefficient (Wildman–Crippen LogP) is 18.2. The van der Waals surface area contributed by atoms with Gasteiger partial charge < -0.3 is 18.0 Å². The minimum Gasteiger partial charge on any atom is -0.456 e. The van der Waals surface area contributed by atoms with Gasteiger partial charge in [-0.25, -0.2) is 15.0 Å². The van der Waals surface area contributed by atoms with Crippen molar-refractivity contribution >= 4 is 87.5 Å². The quantitative estimate of drug-likeness (QED) is 0.159. The summed E-state index contributed by atoms with van der Waals surface area (Å²) in [6.45, 7) is 0. The number of para-hydroxylation sites is 6. The highest BCUT2D eigenvalue weighted by Gasteiger charge is 2.22. The Bertz CT molecular complexity index is 4970. The maximum atomic E-state index is 6.96. The Morgan fingerprint density at radius 2 is 0.776 bits per heavy atom. The van der Waals surface area contributed by atoms with Crippen LogP contribution in [0.4, 0.5) is 0 Å². The number of nitrogens with zero attached hydrogens (tertiary/aromatic N) is 5. The third kappa shape index (κ3) is 6.52. The Balaban J connectivity index is 0.874. The molecule has 16 aromatic rings. The van der Waals surface area contributed by atoms with E-state index in [1.54, 1.807) is 0 Å². The van der Waals surface area contributed by atoms with Crippen molar-refractivity contribution in [3.05, 3.63) is 249 Å². The predicted molar refractivity (Wildman–Crippen MR) is 310 cm³/mol. The van der Waals surface area contributed by atoms with Crippen LogP contribution < -0.4 is 0 Å². The van der Waals surface area contributed by atoms with Crippen LogP contribution >= 0.6 is 0 Å². The highest BCUT2D eigenvalue weighted by Crippen LogP contribution is 2.43. The van der Waals surface area contributed by atoms with Crippen molar-refractivity contribution in [2.24, 2.45) is 0 Å². The first-order valence-electron chi connectivity index (χ1n) is 25.6. The van der Waals surface area contributed by atoms with Crippen LogP contribution in [0.15, 0.2) is 258 Å². The van der Waals surface area contributed by atoms with Gasteiger partial charge in [0, 0.05) is 76.7 Å². The second-order valence-corrected chi connectivity index (χ2v) is 19.5. The van der Waals surface area contributed by atoms with Crippen LogP contribution in [0.5, 0.6) is 0 Å². The van der Waals surface area contributed by atoms with Gasteiger partial charge >= 0.3 is 0 Å². The lowest BCUT2D eigenvalue weighted by molar-refractivity contribution is 0.669. The molecule has 7 heteroatoms. The van der Waals surface area contributed by atoms with E-state index >= 15 is 0 Å². The number of fused-ring (bicyclic) bond motifs is 12. The summed E-state index contributed by atoms with van der Waals surface area (Å²) in [5.41, 5.74) is 16.7. The third-order valence-corrected chi connectivity index (χ3v) is 15.2. The van der Waals surface area contributed by atoms with E-state index in [9.17, 15) is 0 Å². The molecule has 0 aliphatic heterocycles. The lowest BCUT2D eigenvalue weighted by Gasteiger charge is -2.12. The second-order valence-electron chi connectivity index (χ2n) is 19.5. The lowest BCUT2D eigenvalue weighted by atomic mass is 9.99. The topological polar surface area (TPSA) is 74.8 Å². The molecule has 0 atom stereocenters. The summed E-state index contributed by atoms with van der Waals surface area (Å²) in [5.74, 6) is 1.66. The molecule has 11 aromatic carbocycles. The number of hydrogen-bond acceptors (Lipinski definition) is 5. The summed E-state index contributed by atoms with van der Waals surface area (Å²) in [5, 5.41) is 8.89. The van der Waals surface area contributed by atoms with Crippen LogP contribution in [0.1, 0.15) is 0 Å². The summed E-state index contributed by atoms with van der Waals surface area (Å²) in [6.07, 6.45) is 0. The first-order chi connectivity index (χ1) is 37.7. The maximum Gasteiger partial charge on any atom is 0.164 e. The van der Waals surface area contributed by atoms with Crippen LogP contribution in [0.3, 0.4) is 0 Å². The van der Waals surface area contributed by atoms with Crippen LogP contribution in [0.2, 0.25) is 0 Å². The van der Waals surface area contributed by atoms with Crippen LogP contribution in [0, 0.1) is 0 Å². The molecule has 5 heterocycles. The summed E-state index contributed by atoms with van der Waals surface area (Å²) in [4.78, 5) is 16.1. The number of furan rings is 2. The molecule has 0 N–H and O–H groups in total. The molecule has 0 saturated carbocycles. The van der Waals surface area contributed by atoms with Gasteiger partial charge in [-0.05, 0) is 102 Å². The molecule has 0 aliphatic carbocycles. The van der Waals surface area contributed by atoms with Gasteiger partial charge in [-0.15, -0.1) is 0 Å². The van der Waals surface area contributed by atoms with E-state index in [2.05, 4.69) is 228 Å². The molecule has 16 rings (SSSR count). The Kier molecular flexibility index (Phi) is 9.20. The third-order valence-electron chi connectivity index (χ3n) is 15.2. The SMILES string of the molecule is c1ccc(-n2c3ccccc3c3cc(-c4cccc5c4oc4cccc(-c6nc(-c7cccc(-c8ccc9c(c8)oc8ccccc89)c7)nc(-c7cccc(-n8c9ccccc9c9ccccc98)c7)n6)c45)ccc32)cc1. The molecule has 0 saturated heterocycles. The Labute approximate surface area is 434 Å². The van der Waals surface area contributed by atoms with E-state index < -0.39 is 0 Å². The van der Waals surface area contributed by atoms with E-state index in [1.807, 2.05) is 30.3 Å². The van der Waals surface area contributed by atoms with Crippen molar-refractivity contribution in [3.63, 3.8) is 0 Å². The average Bonchev–Trinajstić information content (AvgIpc) is 4.25. The maximum absolute atomic E-state index is 6.96. The fourth-order valence-corrected chi connectivity index (χ4v) is 11.7. The largest absolute Gasteiger partial charge is 0.456 e. The molecule has 0 aliphatic rings. The fourth-order valence-electron chi connectivity index (χ4n) is 11.7. The minimum absolute atomic E-state index is 0.546. The van der Waals surface area contributed by atoms with E-state index in [0.29, 0.717) is 17.5 Å². The van der Waals surface area contributed by atoms with E-state index in [4.69, 9.17) is 23.8 Å². The fraction of sp³-hybridized carbons (Fsp3) is 0. The molecule has 5 aromatic heterocycles. The van der Waals surface area contributed by atoms with Gasteiger partial charge in [-0.2, -0.15) is 0 Å². The molecular weight excluding hydrogens is 931 g/mol. The molecule has 0 bridgehead atoms. The summed E-state index contributed by atoms with van der Waals surface area (Å²) in [6, 6.07) is 87.3. The van der Waals surface area contributed by atoms with Gasteiger partial charge in [-0.1, -0.05) is 164 Å². The highest BCUT2D eigenvalue weighted by molar-refractivity contribution is 6.17. The number of aromatic nitrogens is 5. The average molecular weight is 972 g/mol. The first-order valence-corrected chi connectivity index (χ1v) is 25.6. The molecule has 76 heavy (non-hydrogen) atoms. The number of hydrogen-bond donors (Lipinski definition) is 0. The van der Waals surface area contributed by atoms with Crippen LogP contribution in [0.25, 0.3) is 155 Å². The van der Waals surface area contributed by atoms with Crippen molar-refractivity contribution in [3.8, 4) is 67.8 Å². The highest BCUT2D eigenvalue weighted by atomic mass is 16.3. The lowest BCUT2D eigenvalue weighted by Crippen LogP contribution is -2.01. The van der Waals surface area contributed by atoms with Crippen molar-refractivity contribution < 1.29 is 8.83 Å². The molecule has 0 fully saturated rings. The Morgan fingerprint density at radius 3 is 1.55 bits per heavy atom. The normalized spacial score (nSPS) is 11.9. The molecule has 0 radical (unpaired) electrons. The Hall–Kier alpha value is -10.4. The van der Waals surface area contributed by atoms with Crippen molar-refractivity contribution in [2.75, 3.05) is 0 Å². The van der Waals surface area contributed by atoms with Gasteiger partial charge in [0.05, 0.1) is 22.1 Å². The van der Waals surface area contributed by atoms with Gasteiger partial charge in [0.15, 0.2) is 17.5 Å².